The molecule has 0 spiro atoms. The molecular weight excluding hydrogens is 279 g/mol. The third-order valence-corrected chi connectivity index (χ3v) is 5.46. The summed E-state index contributed by atoms with van der Waals surface area (Å²) in [7, 11) is -3.69. The molecule has 1 saturated carbocycles. The first kappa shape index (κ1) is 15.4. The highest BCUT2D eigenvalue weighted by atomic mass is 32.2. The van der Waals surface area contributed by atoms with E-state index < -0.39 is 15.8 Å². The van der Waals surface area contributed by atoms with E-state index in [1.54, 1.807) is 0 Å². The molecule has 0 radical (unpaired) electrons. The molecule has 3 N–H and O–H groups in total. The lowest BCUT2D eigenvalue weighted by Crippen LogP contribution is -2.36. The van der Waals surface area contributed by atoms with Crippen molar-refractivity contribution in [3.05, 3.63) is 29.1 Å². The number of halogens is 1. The van der Waals surface area contributed by atoms with Gasteiger partial charge in [0.2, 0.25) is 10.0 Å². The SMILES string of the molecule is Cc1c(F)cc(CN)cc1S(=O)(=O)NC1CCCCC1. The lowest BCUT2D eigenvalue weighted by atomic mass is 9.96. The van der Waals surface area contributed by atoms with Gasteiger partial charge in [-0.25, -0.2) is 17.5 Å². The van der Waals surface area contributed by atoms with Gasteiger partial charge in [-0.05, 0) is 37.5 Å². The zero-order valence-electron chi connectivity index (χ0n) is 11.7. The maximum atomic E-state index is 13.8. The van der Waals surface area contributed by atoms with Crippen molar-refractivity contribution in [1.82, 2.24) is 4.72 Å². The largest absolute Gasteiger partial charge is 0.326 e. The average molecular weight is 300 g/mol. The van der Waals surface area contributed by atoms with E-state index in [4.69, 9.17) is 5.73 Å². The fourth-order valence-corrected chi connectivity index (χ4v) is 4.22. The summed E-state index contributed by atoms with van der Waals surface area (Å²) in [6.07, 6.45) is 4.90. The maximum absolute atomic E-state index is 13.8. The van der Waals surface area contributed by atoms with Crippen LogP contribution in [0, 0.1) is 12.7 Å². The second kappa shape index (κ2) is 6.20. The number of nitrogens with two attached hydrogens (primary N) is 1. The van der Waals surface area contributed by atoms with Crippen LogP contribution in [0.15, 0.2) is 17.0 Å². The van der Waals surface area contributed by atoms with Crippen LogP contribution in [0.25, 0.3) is 0 Å². The number of benzene rings is 1. The molecule has 4 nitrogen and oxygen atoms in total. The van der Waals surface area contributed by atoms with E-state index in [1.165, 1.54) is 19.1 Å². The highest BCUT2D eigenvalue weighted by molar-refractivity contribution is 7.89. The van der Waals surface area contributed by atoms with Crippen molar-refractivity contribution < 1.29 is 12.8 Å². The maximum Gasteiger partial charge on any atom is 0.241 e. The van der Waals surface area contributed by atoms with Gasteiger partial charge in [-0.15, -0.1) is 0 Å². The van der Waals surface area contributed by atoms with E-state index in [0.29, 0.717) is 5.56 Å². The van der Waals surface area contributed by atoms with Crippen molar-refractivity contribution in [2.24, 2.45) is 5.73 Å². The van der Waals surface area contributed by atoms with Gasteiger partial charge in [0, 0.05) is 18.2 Å². The number of sulfonamides is 1. The highest BCUT2D eigenvalue weighted by Crippen LogP contribution is 2.23. The van der Waals surface area contributed by atoms with Gasteiger partial charge in [-0.3, -0.25) is 0 Å². The molecule has 1 aliphatic rings. The Morgan fingerprint density at radius 1 is 1.30 bits per heavy atom. The molecule has 0 saturated heterocycles. The smallest absolute Gasteiger partial charge is 0.241 e. The lowest BCUT2D eigenvalue weighted by Gasteiger charge is -2.23. The number of rotatable bonds is 4. The van der Waals surface area contributed by atoms with Crippen molar-refractivity contribution in [3.63, 3.8) is 0 Å². The Bertz CT molecular complexity index is 581. The van der Waals surface area contributed by atoms with Gasteiger partial charge in [0.1, 0.15) is 5.82 Å². The van der Waals surface area contributed by atoms with E-state index in [0.717, 1.165) is 32.1 Å². The molecule has 20 heavy (non-hydrogen) atoms. The molecule has 0 aromatic heterocycles. The number of hydrogen-bond acceptors (Lipinski definition) is 3. The topological polar surface area (TPSA) is 72.2 Å². The molecule has 1 aromatic rings. The van der Waals surface area contributed by atoms with Gasteiger partial charge in [-0.2, -0.15) is 0 Å². The third kappa shape index (κ3) is 3.37. The van der Waals surface area contributed by atoms with Gasteiger partial charge >= 0.3 is 0 Å². The molecule has 112 valence electrons. The summed E-state index contributed by atoms with van der Waals surface area (Å²) in [5, 5.41) is 0. The van der Waals surface area contributed by atoms with Crippen LogP contribution in [-0.4, -0.2) is 14.5 Å². The Morgan fingerprint density at radius 2 is 1.95 bits per heavy atom. The first-order chi connectivity index (χ1) is 9.44. The molecule has 0 unspecified atom stereocenters. The fourth-order valence-electron chi connectivity index (χ4n) is 2.61. The molecule has 0 bridgehead atoms. The van der Waals surface area contributed by atoms with E-state index in [2.05, 4.69) is 4.72 Å². The predicted octanol–water partition coefficient (Wildman–Crippen LogP) is 2.20. The minimum Gasteiger partial charge on any atom is -0.326 e. The summed E-state index contributed by atoms with van der Waals surface area (Å²) in [5.74, 6) is -0.531. The molecule has 0 aliphatic heterocycles. The summed E-state index contributed by atoms with van der Waals surface area (Å²) < 4.78 is 41.3. The summed E-state index contributed by atoms with van der Waals surface area (Å²) in [5.41, 5.74) is 6.11. The van der Waals surface area contributed by atoms with Crippen LogP contribution < -0.4 is 10.5 Å². The zero-order valence-corrected chi connectivity index (χ0v) is 12.5. The Balaban J connectivity index is 2.30. The van der Waals surface area contributed by atoms with E-state index in [1.807, 2.05) is 0 Å². The third-order valence-electron chi connectivity index (χ3n) is 3.81. The Kier molecular flexibility index (Phi) is 4.78. The molecule has 0 amide bonds. The molecule has 1 fully saturated rings. The monoisotopic (exact) mass is 300 g/mol. The second-order valence-corrected chi connectivity index (χ2v) is 7.04. The summed E-state index contributed by atoms with van der Waals surface area (Å²) in [6.45, 7) is 1.59. The Hall–Kier alpha value is -0.980. The minimum atomic E-state index is -3.69. The van der Waals surface area contributed by atoms with E-state index in [-0.39, 0.29) is 23.0 Å². The van der Waals surface area contributed by atoms with Crippen molar-refractivity contribution in [3.8, 4) is 0 Å². The Labute approximate surface area is 119 Å². The molecule has 0 atom stereocenters. The zero-order chi connectivity index (χ0) is 14.8. The summed E-state index contributed by atoms with van der Waals surface area (Å²) >= 11 is 0. The van der Waals surface area contributed by atoms with Crippen LogP contribution in [0.3, 0.4) is 0 Å². The van der Waals surface area contributed by atoms with Gasteiger partial charge < -0.3 is 5.73 Å². The van der Waals surface area contributed by atoms with Gasteiger partial charge in [0.25, 0.3) is 0 Å². The molecular formula is C14H21FN2O2S. The standard InChI is InChI=1S/C14H21FN2O2S/c1-10-13(15)7-11(9-16)8-14(10)20(18,19)17-12-5-3-2-4-6-12/h7-8,12,17H,2-6,9,16H2,1H3. The van der Waals surface area contributed by atoms with Gasteiger partial charge in [0.05, 0.1) is 4.90 Å². The van der Waals surface area contributed by atoms with E-state index in [9.17, 15) is 12.8 Å². The molecule has 1 aliphatic carbocycles. The first-order valence-corrected chi connectivity index (χ1v) is 8.44. The summed E-state index contributed by atoms with van der Waals surface area (Å²) in [4.78, 5) is 0.00326. The molecule has 6 heteroatoms. The average Bonchev–Trinajstić information content (AvgIpc) is 2.42. The van der Waals surface area contributed by atoms with Crippen LogP contribution in [0.2, 0.25) is 0 Å². The van der Waals surface area contributed by atoms with Gasteiger partial charge in [-0.1, -0.05) is 19.3 Å². The molecule has 0 heterocycles. The molecule has 1 aromatic carbocycles. The number of nitrogens with one attached hydrogen (secondary N) is 1. The quantitative estimate of drug-likeness (QED) is 0.895. The fraction of sp³-hybridized carbons (Fsp3) is 0.571. The van der Waals surface area contributed by atoms with Crippen molar-refractivity contribution in [1.29, 1.82) is 0 Å². The van der Waals surface area contributed by atoms with Crippen LogP contribution in [0.1, 0.15) is 43.2 Å². The first-order valence-electron chi connectivity index (χ1n) is 6.95. The summed E-state index contributed by atoms with van der Waals surface area (Å²) in [6, 6.07) is 2.70. The molecule has 2 rings (SSSR count). The van der Waals surface area contributed by atoms with E-state index >= 15 is 0 Å². The van der Waals surface area contributed by atoms with Crippen LogP contribution in [0.5, 0.6) is 0 Å². The Morgan fingerprint density at radius 3 is 2.55 bits per heavy atom. The van der Waals surface area contributed by atoms with Crippen LogP contribution in [-0.2, 0) is 16.6 Å². The van der Waals surface area contributed by atoms with Crippen LogP contribution >= 0.6 is 0 Å². The predicted molar refractivity (Wildman–Crippen MR) is 76.2 cm³/mol. The van der Waals surface area contributed by atoms with Gasteiger partial charge in [0.15, 0.2) is 0 Å². The van der Waals surface area contributed by atoms with Crippen molar-refractivity contribution in [2.75, 3.05) is 0 Å². The van der Waals surface area contributed by atoms with Crippen molar-refractivity contribution >= 4 is 10.0 Å². The normalized spacial score (nSPS) is 17.4. The second-order valence-electron chi connectivity index (χ2n) is 5.36. The lowest BCUT2D eigenvalue weighted by molar-refractivity contribution is 0.412. The number of hydrogen-bond donors (Lipinski definition) is 2. The van der Waals surface area contributed by atoms with Crippen molar-refractivity contribution in [2.45, 2.75) is 56.5 Å². The highest BCUT2D eigenvalue weighted by Gasteiger charge is 2.24. The minimum absolute atomic E-state index is 0.00326. The van der Waals surface area contributed by atoms with Crippen LogP contribution in [0.4, 0.5) is 4.39 Å².